The third-order valence-electron chi connectivity index (χ3n) is 5.49. The van der Waals surface area contributed by atoms with Crippen molar-refractivity contribution in [3.63, 3.8) is 0 Å². The van der Waals surface area contributed by atoms with E-state index >= 15 is 0 Å². The Labute approximate surface area is 159 Å². The number of amides is 3. The van der Waals surface area contributed by atoms with Crippen LogP contribution in [0.3, 0.4) is 0 Å². The smallest absolute Gasteiger partial charge is 0.251 e. The summed E-state index contributed by atoms with van der Waals surface area (Å²) >= 11 is 0. The molecule has 1 atom stereocenters. The molecule has 2 aliphatic heterocycles. The van der Waals surface area contributed by atoms with Crippen molar-refractivity contribution < 1.29 is 14.4 Å². The topological polar surface area (TPSA) is 95.7 Å². The van der Waals surface area contributed by atoms with Crippen molar-refractivity contribution in [3.8, 4) is 0 Å². The van der Waals surface area contributed by atoms with E-state index in [9.17, 15) is 14.4 Å². The molecule has 3 rings (SSSR count). The molecule has 0 aliphatic carbocycles. The molecule has 0 aromatic heterocycles. The number of benzene rings is 1. The fourth-order valence-corrected chi connectivity index (χ4v) is 3.82. The summed E-state index contributed by atoms with van der Waals surface area (Å²) in [7, 11) is 0. The fourth-order valence-electron chi connectivity index (χ4n) is 3.82. The van der Waals surface area contributed by atoms with Crippen molar-refractivity contribution in [2.45, 2.75) is 31.7 Å². The van der Waals surface area contributed by atoms with Gasteiger partial charge in [0.25, 0.3) is 5.91 Å². The third kappa shape index (κ3) is 5.29. The van der Waals surface area contributed by atoms with Crippen molar-refractivity contribution in [2.24, 2.45) is 11.7 Å². The van der Waals surface area contributed by atoms with Crippen LogP contribution in [0.1, 0.15) is 36.0 Å². The summed E-state index contributed by atoms with van der Waals surface area (Å²) in [5, 5.41) is 3.08. The number of rotatable bonds is 5. The third-order valence-corrected chi connectivity index (χ3v) is 5.49. The second-order valence-corrected chi connectivity index (χ2v) is 7.47. The van der Waals surface area contributed by atoms with Crippen molar-refractivity contribution >= 4 is 17.7 Å². The molecule has 7 heteroatoms. The second-order valence-electron chi connectivity index (χ2n) is 7.47. The van der Waals surface area contributed by atoms with E-state index in [4.69, 9.17) is 5.73 Å². The number of hydrogen-bond donors (Lipinski definition) is 2. The van der Waals surface area contributed by atoms with Gasteiger partial charge in [-0.1, -0.05) is 18.2 Å². The van der Waals surface area contributed by atoms with Gasteiger partial charge >= 0.3 is 0 Å². The molecule has 7 nitrogen and oxygen atoms in total. The minimum absolute atomic E-state index is 0.0454. The molecule has 27 heavy (non-hydrogen) atoms. The van der Waals surface area contributed by atoms with Gasteiger partial charge in [0.15, 0.2) is 0 Å². The van der Waals surface area contributed by atoms with Gasteiger partial charge in [0, 0.05) is 37.8 Å². The Bertz CT molecular complexity index is 671. The number of nitrogens with two attached hydrogens (primary N) is 1. The van der Waals surface area contributed by atoms with Crippen LogP contribution in [0.5, 0.6) is 0 Å². The highest BCUT2D eigenvalue weighted by Crippen LogP contribution is 2.17. The minimum Gasteiger partial charge on any atom is -0.369 e. The predicted octanol–water partition coefficient (Wildman–Crippen LogP) is 0.605. The summed E-state index contributed by atoms with van der Waals surface area (Å²) in [5.74, 6) is -0.521. The second kappa shape index (κ2) is 8.99. The van der Waals surface area contributed by atoms with Gasteiger partial charge in [0.05, 0.1) is 12.5 Å². The van der Waals surface area contributed by atoms with Gasteiger partial charge in [0.1, 0.15) is 0 Å². The van der Waals surface area contributed by atoms with Crippen molar-refractivity contribution in [1.29, 1.82) is 0 Å². The lowest BCUT2D eigenvalue weighted by Gasteiger charge is -2.35. The van der Waals surface area contributed by atoms with Gasteiger partial charge in [-0.05, 0) is 37.8 Å². The van der Waals surface area contributed by atoms with Gasteiger partial charge in [0.2, 0.25) is 11.8 Å². The van der Waals surface area contributed by atoms with Crippen LogP contribution in [-0.4, -0.2) is 66.3 Å². The first kappa shape index (κ1) is 19.4. The number of nitrogens with zero attached hydrogens (tertiary/aromatic N) is 2. The Morgan fingerprint density at radius 2 is 1.74 bits per heavy atom. The number of piperidine rings is 2. The average molecular weight is 372 g/mol. The molecule has 2 fully saturated rings. The Balaban J connectivity index is 1.42. The summed E-state index contributed by atoms with van der Waals surface area (Å²) < 4.78 is 0. The van der Waals surface area contributed by atoms with Crippen molar-refractivity contribution in [3.05, 3.63) is 35.9 Å². The number of primary amides is 1. The monoisotopic (exact) mass is 372 g/mol. The van der Waals surface area contributed by atoms with Crippen LogP contribution >= 0.6 is 0 Å². The molecule has 2 heterocycles. The summed E-state index contributed by atoms with van der Waals surface area (Å²) in [6.07, 6.45) is 3.25. The average Bonchev–Trinajstić information content (AvgIpc) is 2.70. The summed E-state index contributed by atoms with van der Waals surface area (Å²) in [6, 6.07) is 9.35. The molecule has 3 N–H and O–H groups in total. The van der Waals surface area contributed by atoms with E-state index in [1.165, 1.54) is 0 Å². The molecule has 146 valence electrons. The Morgan fingerprint density at radius 3 is 2.41 bits per heavy atom. The molecule has 0 saturated carbocycles. The first-order valence-corrected chi connectivity index (χ1v) is 9.68. The van der Waals surface area contributed by atoms with Crippen molar-refractivity contribution in [1.82, 2.24) is 15.1 Å². The van der Waals surface area contributed by atoms with Crippen molar-refractivity contribution in [2.75, 3.05) is 32.7 Å². The van der Waals surface area contributed by atoms with Crippen LogP contribution in [0, 0.1) is 5.92 Å². The van der Waals surface area contributed by atoms with Crippen LogP contribution < -0.4 is 11.1 Å². The van der Waals surface area contributed by atoms with Crippen LogP contribution in [0.15, 0.2) is 30.3 Å². The normalized spacial score (nSPS) is 21.6. The first-order chi connectivity index (χ1) is 13.0. The summed E-state index contributed by atoms with van der Waals surface area (Å²) in [4.78, 5) is 40.1. The summed E-state index contributed by atoms with van der Waals surface area (Å²) in [5.41, 5.74) is 6.06. The Hall–Kier alpha value is -2.41. The van der Waals surface area contributed by atoms with E-state index < -0.39 is 0 Å². The zero-order chi connectivity index (χ0) is 19.2. The van der Waals surface area contributed by atoms with Gasteiger partial charge in [-0.15, -0.1) is 0 Å². The van der Waals surface area contributed by atoms with E-state index in [1.54, 1.807) is 17.0 Å². The number of hydrogen-bond acceptors (Lipinski definition) is 4. The lowest BCUT2D eigenvalue weighted by atomic mass is 9.97. The highest BCUT2D eigenvalue weighted by molar-refractivity contribution is 5.94. The molecule has 3 amide bonds. The first-order valence-electron chi connectivity index (χ1n) is 9.68. The predicted molar refractivity (Wildman–Crippen MR) is 102 cm³/mol. The lowest BCUT2D eigenvalue weighted by Crippen LogP contribution is -2.50. The maximum atomic E-state index is 12.5. The van der Waals surface area contributed by atoms with E-state index in [0.717, 1.165) is 38.8 Å². The van der Waals surface area contributed by atoms with Crippen LogP contribution in [0.4, 0.5) is 0 Å². The molecule has 0 radical (unpaired) electrons. The lowest BCUT2D eigenvalue weighted by molar-refractivity contribution is -0.136. The van der Waals surface area contributed by atoms with Gasteiger partial charge in [-0.25, -0.2) is 0 Å². The molecule has 0 bridgehead atoms. The number of nitrogens with one attached hydrogen (secondary N) is 1. The SMILES string of the molecule is NC(=O)C1CCCN(C(=O)CN2CCC(NC(=O)c3ccccc3)CC2)C1. The summed E-state index contributed by atoms with van der Waals surface area (Å²) in [6.45, 7) is 3.06. The number of likely N-dealkylation sites (tertiary alicyclic amines) is 2. The van der Waals surface area contributed by atoms with E-state index in [-0.39, 0.29) is 29.7 Å². The minimum atomic E-state index is -0.317. The zero-order valence-corrected chi connectivity index (χ0v) is 15.6. The Kier molecular flexibility index (Phi) is 6.45. The number of carbonyl (C=O) groups excluding carboxylic acids is 3. The molecule has 2 saturated heterocycles. The quantitative estimate of drug-likeness (QED) is 0.791. The molecule has 1 aromatic rings. The van der Waals surface area contributed by atoms with E-state index in [0.29, 0.717) is 25.2 Å². The molecule has 1 unspecified atom stereocenters. The highest BCUT2D eigenvalue weighted by atomic mass is 16.2. The highest BCUT2D eigenvalue weighted by Gasteiger charge is 2.29. The standard InChI is InChI=1S/C20H28N4O3/c21-19(26)16-7-4-10-24(13-16)18(25)14-23-11-8-17(9-12-23)22-20(27)15-5-2-1-3-6-15/h1-3,5-6,16-17H,4,7-14H2,(H2,21,26)(H,22,27). The molecule has 0 spiro atoms. The number of carbonyl (C=O) groups is 3. The Morgan fingerprint density at radius 1 is 1.04 bits per heavy atom. The fraction of sp³-hybridized carbons (Fsp3) is 0.550. The van der Waals surface area contributed by atoms with E-state index in [2.05, 4.69) is 10.2 Å². The van der Waals surface area contributed by atoms with Crippen LogP contribution in [0.25, 0.3) is 0 Å². The largest absolute Gasteiger partial charge is 0.369 e. The van der Waals surface area contributed by atoms with Gasteiger partial charge in [-0.2, -0.15) is 0 Å². The van der Waals surface area contributed by atoms with Gasteiger partial charge < -0.3 is 16.0 Å². The molecule has 1 aromatic carbocycles. The molecule has 2 aliphatic rings. The maximum absolute atomic E-state index is 12.5. The van der Waals surface area contributed by atoms with Crippen LogP contribution in [-0.2, 0) is 9.59 Å². The zero-order valence-electron chi connectivity index (χ0n) is 15.6. The molecular formula is C20H28N4O3. The molecular weight excluding hydrogens is 344 g/mol. The van der Waals surface area contributed by atoms with Gasteiger partial charge in [-0.3, -0.25) is 19.3 Å². The van der Waals surface area contributed by atoms with E-state index in [1.807, 2.05) is 18.2 Å². The maximum Gasteiger partial charge on any atom is 0.251 e. The van der Waals surface area contributed by atoms with Crippen LogP contribution in [0.2, 0.25) is 0 Å².